The van der Waals surface area contributed by atoms with Crippen molar-refractivity contribution in [3.63, 3.8) is 0 Å². The number of ether oxygens (including phenoxy) is 2. The highest BCUT2D eigenvalue weighted by Gasteiger charge is 2.21. The fourth-order valence-corrected chi connectivity index (χ4v) is 3.62. The summed E-state index contributed by atoms with van der Waals surface area (Å²) < 4.78 is 10.4. The number of nitrogens with one attached hydrogen (secondary N) is 1. The van der Waals surface area contributed by atoms with Crippen LogP contribution in [0.25, 0.3) is 0 Å². The molecule has 0 aromatic heterocycles. The normalized spacial score (nSPS) is 14.3. The number of nitrogens with zero attached hydrogens (tertiary/aromatic N) is 2. The Hall–Kier alpha value is -2.77. The van der Waals surface area contributed by atoms with Crippen LogP contribution in [-0.4, -0.2) is 63.2 Å². The molecule has 1 saturated heterocycles. The van der Waals surface area contributed by atoms with Crippen molar-refractivity contribution in [2.45, 2.75) is 13.8 Å². The molecular weight excluding hydrogens is 418 g/mol. The Morgan fingerprint density at radius 2 is 1.84 bits per heavy atom. The average Bonchev–Trinajstić information content (AvgIpc) is 2.79. The summed E-state index contributed by atoms with van der Waals surface area (Å²) in [5, 5.41) is 3.54. The molecule has 1 aliphatic rings. The van der Waals surface area contributed by atoms with E-state index in [4.69, 9.17) is 21.1 Å². The lowest BCUT2D eigenvalue weighted by Gasteiger charge is -2.36. The van der Waals surface area contributed by atoms with E-state index in [2.05, 4.69) is 22.0 Å². The number of halogens is 1. The highest BCUT2D eigenvalue weighted by molar-refractivity contribution is 6.31. The number of carbonyl (C=O) groups excluding carboxylic acids is 2. The number of esters is 1. The van der Waals surface area contributed by atoms with Crippen LogP contribution in [0, 0.1) is 6.92 Å². The van der Waals surface area contributed by atoms with Crippen molar-refractivity contribution in [3.8, 4) is 5.75 Å². The zero-order valence-corrected chi connectivity index (χ0v) is 18.9. The summed E-state index contributed by atoms with van der Waals surface area (Å²) in [4.78, 5) is 29.2. The smallest absolute Gasteiger partial charge is 0.337 e. The second-order valence-electron chi connectivity index (χ2n) is 7.39. The molecule has 7 nitrogen and oxygen atoms in total. The number of amides is 1. The first kappa shape index (κ1) is 22.9. The SMILES string of the molecule is CCN1CCN(c2ccc(C(=O)OC)cc2NC(=O)COc2ccc(Cl)c(C)c2)CC1. The number of methoxy groups -OCH3 is 1. The highest BCUT2D eigenvalue weighted by atomic mass is 35.5. The van der Waals surface area contributed by atoms with Gasteiger partial charge < -0.3 is 24.6 Å². The van der Waals surface area contributed by atoms with E-state index in [1.54, 1.807) is 30.3 Å². The number of anilines is 2. The van der Waals surface area contributed by atoms with Crippen molar-refractivity contribution in [2.75, 3.05) is 56.7 Å². The van der Waals surface area contributed by atoms with Gasteiger partial charge in [0, 0.05) is 31.2 Å². The van der Waals surface area contributed by atoms with Crippen molar-refractivity contribution in [3.05, 3.63) is 52.5 Å². The molecule has 0 unspecified atom stereocenters. The Labute approximate surface area is 187 Å². The molecule has 3 rings (SSSR count). The van der Waals surface area contributed by atoms with E-state index < -0.39 is 5.97 Å². The van der Waals surface area contributed by atoms with Gasteiger partial charge in [0.2, 0.25) is 0 Å². The van der Waals surface area contributed by atoms with Gasteiger partial charge in [-0.2, -0.15) is 0 Å². The van der Waals surface area contributed by atoms with E-state index in [0.717, 1.165) is 44.0 Å². The molecule has 0 aliphatic carbocycles. The van der Waals surface area contributed by atoms with E-state index in [-0.39, 0.29) is 12.5 Å². The molecule has 2 aromatic rings. The Kier molecular flexibility index (Phi) is 7.76. The number of aryl methyl sites for hydroxylation is 1. The lowest BCUT2D eigenvalue weighted by molar-refractivity contribution is -0.118. The molecule has 31 heavy (non-hydrogen) atoms. The maximum absolute atomic E-state index is 12.6. The van der Waals surface area contributed by atoms with Crippen LogP contribution < -0.4 is 15.0 Å². The molecule has 1 N–H and O–H groups in total. The van der Waals surface area contributed by atoms with Gasteiger partial charge in [-0.25, -0.2) is 4.79 Å². The number of hydrogen-bond donors (Lipinski definition) is 1. The first-order valence-electron chi connectivity index (χ1n) is 10.3. The molecular formula is C23H28ClN3O4. The predicted octanol–water partition coefficient (Wildman–Crippen LogP) is 3.59. The van der Waals surface area contributed by atoms with Gasteiger partial charge in [-0.05, 0) is 55.4 Å². The van der Waals surface area contributed by atoms with Gasteiger partial charge in [-0.15, -0.1) is 0 Å². The van der Waals surface area contributed by atoms with E-state index in [0.29, 0.717) is 22.0 Å². The summed E-state index contributed by atoms with van der Waals surface area (Å²) in [6.07, 6.45) is 0. The first-order chi connectivity index (χ1) is 14.9. The topological polar surface area (TPSA) is 71.1 Å². The molecule has 0 spiro atoms. The third-order valence-corrected chi connectivity index (χ3v) is 5.78. The van der Waals surface area contributed by atoms with Crippen LogP contribution in [-0.2, 0) is 9.53 Å². The number of hydrogen-bond acceptors (Lipinski definition) is 6. The van der Waals surface area contributed by atoms with Gasteiger partial charge in [0.25, 0.3) is 5.91 Å². The molecule has 0 atom stereocenters. The van der Waals surface area contributed by atoms with Crippen LogP contribution in [0.15, 0.2) is 36.4 Å². The molecule has 0 radical (unpaired) electrons. The maximum Gasteiger partial charge on any atom is 0.337 e. The van der Waals surface area contributed by atoms with Crippen LogP contribution >= 0.6 is 11.6 Å². The van der Waals surface area contributed by atoms with Crippen LogP contribution in [0.2, 0.25) is 5.02 Å². The highest BCUT2D eigenvalue weighted by Crippen LogP contribution is 2.29. The van der Waals surface area contributed by atoms with Crippen molar-refractivity contribution in [2.24, 2.45) is 0 Å². The average molecular weight is 446 g/mol. The summed E-state index contributed by atoms with van der Waals surface area (Å²) in [6, 6.07) is 10.5. The summed E-state index contributed by atoms with van der Waals surface area (Å²) >= 11 is 6.03. The monoisotopic (exact) mass is 445 g/mol. The first-order valence-corrected chi connectivity index (χ1v) is 10.7. The van der Waals surface area contributed by atoms with Crippen LogP contribution in [0.5, 0.6) is 5.75 Å². The summed E-state index contributed by atoms with van der Waals surface area (Å²) in [5.41, 5.74) is 2.69. The van der Waals surface area contributed by atoms with Crippen LogP contribution in [0.1, 0.15) is 22.8 Å². The zero-order valence-electron chi connectivity index (χ0n) is 18.1. The number of likely N-dealkylation sites (N-methyl/N-ethyl adjacent to an activating group) is 1. The van der Waals surface area contributed by atoms with Gasteiger partial charge in [0.15, 0.2) is 6.61 Å². The number of piperazine rings is 1. The standard InChI is InChI=1S/C23H28ClN3O4/c1-4-26-9-11-27(12-10-26)21-8-5-17(23(29)30-3)14-20(21)25-22(28)15-31-18-6-7-19(24)16(2)13-18/h5-8,13-14H,4,9-12,15H2,1-3H3,(H,25,28). The van der Waals surface area contributed by atoms with E-state index in [9.17, 15) is 9.59 Å². The largest absolute Gasteiger partial charge is 0.484 e. The van der Waals surface area contributed by atoms with Crippen molar-refractivity contribution < 1.29 is 19.1 Å². The Balaban J connectivity index is 1.74. The molecule has 1 aliphatic heterocycles. The number of benzene rings is 2. The maximum atomic E-state index is 12.6. The van der Waals surface area contributed by atoms with Crippen molar-refractivity contribution >= 4 is 34.9 Å². The van der Waals surface area contributed by atoms with Crippen molar-refractivity contribution in [1.82, 2.24) is 4.90 Å². The molecule has 8 heteroatoms. The quantitative estimate of drug-likeness (QED) is 0.657. The molecule has 1 heterocycles. The summed E-state index contributed by atoms with van der Waals surface area (Å²) in [7, 11) is 1.33. The Morgan fingerprint density at radius 3 is 2.48 bits per heavy atom. The summed E-state index contributed by atoms with van der Waals surface area (Å²) in [6.45, 7) is 8.45. The molecule has 0 saturated carbocycles. The fraction of sp³-hybridized carbons (Fsp3) is 0.391. The van der Waals surface area contributed by atoms with E-state index in [1.807, 2.05) is 13.0 Å². The zero-order chi connectivity index (χ0) is 22.4. The van der Waals surface area contributed by atoms with Gasteiger partial charge in [-0.1, -0.05) is 18.5 Å². The van der Waals surface area contributed by atoms with Crippen LogP contribution in [0.4, 0.5) is 11.4 Å². The summed E-state index contributed by atoms with van der Waals surface area (Å²) in [5.74, 6) is -0.204. The van der Waals surface area contributed by atoms with Gasteiger partial charge >= 0.3 is 5.97 Å². The fourth-order valence-electron chi connectivity index (χ4n) is 3.50. The minimum Gasteiger partial charge on any atom is -0.484 e. The third-order valence-electron chi connectivity index (χ3n) is 5.35. The second-order valence-corrected chi connectivity index (χ2v) is 7.80. The van der Waals surface area contributed by atoms with Gasteiger partial charge in [0.05, 0.1) is 24.0 Å². The molecule has 1 fully saturated rings. The third kappa shape index (κ3) is 5.89. The molecule has 2 aromatic carbocycles. The Bertz CT molecular complexity index is 942. The lowest BCUT2D eigenvalue weighted by atomic mass is 10.1. The van der Waals surface area contributed by atoms with Crippen LogP contribution in [0.3, 0.4) is 0 Å². The van der Waals surface area contributed by atoms with Gasteiger partial charge in [-0.3, -0.25) is 4.79 Å². The van der Waals surface area contributed by atoms with E-state index >= 15 is 0 Å². The van der Waals surface area contributed by atoms with E-state index in [1.165, 1.54) is 7.11 Å². The number of carbonyl (C=O) groups is 2. The predicted molar refractivity (Wildman–Crippen MR) is 122 cm³/mol. The molecule has 0 bridgehead atoms. The number of rotatable bonds is 7. The second kappa shape index (κ2) is 10.5. The Morgan fingerprint density at radius 1 is 1.10 bits per heavy atom. The molecule has 1 amide bonds. The van der Waals surface area contributed by atoms with Gasteiger partial charge in [0.1, 0.15) is 5.75 Å². The lowest BCUT2D eigenvalue weighted by Crippen LogP contribution is -2.46. The van der Waals surface area contributed by atoms with Crippen molar-refractivity contribution in [1.29, 1.82) is 0 Å². The minimum atomic E-state index is -0.453. The minimum absolute atomic E-state index is 0.160. The molecule has 166 valence electrons.